The molecule has 1 heterocycles. The van der Waals surface area contributed by atoms with Gasteiger partial charge in [0.2, 0.25) is 5.91 Å². The van der Waals surface area contributed by atoms with Crippen LogP contribution in [0.3, 0.4) is 0 Å². The summed E-state index contributed by atoms with van der Waals surface area (Å²) in [5.41, 5.74) is -0.496. The van der Waals surface area contributed by atoms with Gasteiger partial charge in [-0.15, -0.1) is 0 Å². The quantitative estimate of drug-likeness (QED) is 0.736. The average Bonchev–Trinajstić information content (AvgIpc) is 2.91. The third kappa shape index (κ3) is 3.75. The summed E-state index contributed by atoms with van der Waals surface area (Å²) < 4.78 is 0. The number of hydrogen-bond donors (Lipinski definition) is 2. The topological polar surface area (TPSA) is 78.5 Å². The van der Waals surface area contributed by atoms with Crippen LogP contribution in [-0.4, -0.2) is 35.3 Å². The molecule has 28 heavy (non-hydrogen) atoms. The maximum atomic E-state index is 13.1. The predicted octanol–water partition coefficient (Wildman–Crippen LogP) is 3.44. The van der Waals surface area contributed by atoms with E-state index < -0.39 is 17.5 Å². The molecule has 0 aromatic heterocycles. The van der Waals surface area contributed by atoms with Gasteiger partial charge in [0.15, 0.2) is 0 Å². The molecule has 1 aromatic rings. The number of benzene rings is 1. The molecule has 1 aliphatic carbocycles. The van der Waals surface area contributed by atoms with Crippen LogP contribution in [0.15, 0.2) is 24.3 Å². The lowest BCUT2D eigenvalue weighted by Crippen LogP contribution is -2.49. The lowest BCUT2D eigenvalue weighted by molar-refractivity contribution is -0.135. The Balaban J connectivity index is 1.72. The van der Waals surface area contributed by atoms with Gasteiger partial charge in [0.25, 0.3) is 5.91 Å². The van der Waals surface area contributed by atoms with Crippen molar-refractivity contribution in [3.05, 3.63) is 34.9 Å². The minimum atomic E-state index is -1.16. The van der Waals surface area contributed by atoms with Crippen LogP contribution < -0.4 is 10.6 Å². The number of nitrogens with zero attached hydrogens (tertiary/aromatic N) is 1. The number of urea groups is 1. The Morgan fingerprint density at radius 3 is 2.57 bits per heavy atom. The van der Waals surface area contributed by atoms with Crippen LogP contribution in [0.5, 0.6) is 0 Å². The zero-order valence-electron chi connectivity index (χ0n) is 16.6. The van der Waals surface area contributed by atoms with Crippen molar-refractivity contribution in [3.8, 4) is 0 Å². The summed E-state index contributed by atoms with van der Waals surface area (Å²) in [6, 6.07) is 6.40. The largest absolute Gasteiger partial charge is 0.352 e. The highest BCUT2D eigenvalue weighted by atomic mass is 35.5. The van der Waals surface area contributed by atoms with E-state index in [9.17, 15) is 14.4 Å². The number of carbonyl (C=O) groups excluding carboxylic acids is 3. The summed E-state index contributed by atoms with van der Waals surface area (Å²) >= 11 is 5.95. The van der Waals surface area contributed by atoms with Gasteiger partial charge in [-0.1, -0.05) is 57.3 Å². The van der Waals surface area contributed by atoms with Crippen LogP contribution in [0.1, 0.15) is 52.0 Å². The molecule has 0 spiro atoms. The van der Waals surface area contributed by atoms with Crippen molar-refractivity contribution in [2.75, 3.05) is 6.54 Å². The van der Waals surface area contributed by atoms with E-state index in [-0.39, 0.29) is 18.5 Å². The first-order chi connectivity index (χ1) is 13.3. The monoisotopic (exact) mass is 405 g/mol. The molecule has 1 saturated heterocycles. The molecule has 6 nitrogen and oxygen atoms in total. The Morgan fingerprint density at radius 2 is 1.93 bits per heavy atom. The van der Waals surface area contributed by atoms with Crippen LogP contribution in [0, 0.1) is 11.8 Å². The molecule has 1 aromatic carbocycles. The third-order valence-electron chi connectivity index (χ3n) is 6.40. The fourth-order valence-electron chi connectivity index (χ4n) is 4.33. The maximum absolute atomic E-state index is 13.1. The van der Waals surface area contributed by atoms with Crippen LogP contribution in [-0.2, 0) is 15.1 Å². The average molecular weight is 406 g/mol. The highest BCUT2D eigenvalue weighted by Crippen LogP contribution is 2.33. The fraction of sp³-hybridized carbons (Fsp3) is 0.571. The van der Waals surface area contributed by atoms with E-state index >= 15 is 0 Å². The van der Waals surface area contributed by atoms with Crippen molar-refractivity contribution in [2.24, 2.45) is 11.8 Å². The molecule has 3 rings (SSSR count). The molecule has 0 unspecified atom stereocenters. The van der Waals surface area contributed by atoms with Crippen LogP contribution in [0.2, 0.25) is 5.02 Å². The zero-order valence-corrected chi connectivity index (χ0v) is 17.4. The molecule has 4 atom stereocenters. The van der Waals surface area contributed by atoms with Gasteiger partial charge >= 0.3 is 6.03 Å². The maximum Gasteiger partial charge on any atom is 0.325 e. The van der Waals surface area contributed by atoms with Gasteiger partial charge in [-0.3, -0.25) is 14.5 Å². The van der Waals surface area contributed by atoms with E-state index in [1.807, 2.05) is 6.92 Å². The van der Waals surface area contributed by atoms with Gasteiger partial charge in [0.05, 0.1) is 0 Å². The lowest BCUT2D eigenvalue weighted by Gasteiger charge is -2.34. The Morgan fingerprint density at radius 1 is 1.25 bits per heavy atom. The van der Waals surface area contributed by atoms with Crippen molar-refractivity contribution in [1.29, 1.82) is 0 Å². The first-order valence-corrected chi connectivity index (χ1v) is 10.4. The minimum Gasteiger partial charge on any atom is -0.352 e. The minimum absolute atomic E-state index is 0.0872. The van der Waals surface area contributed by atoms with Crippen molar-refractivity contribution in [1.82, 2.24) is 15.5 Å². The molecule has 1 saturated carbocycles. The molecule has 0 bridgehead atoms. The molecule has 4 amide bonds. The summed E-state index contributed by atoms with van der Waals surface area (Å²) in [5.74, 6) is 0.234. The molecular weight excluding hydrogens is 378 g/mol. The molecule has 1 aliphatic heterocycles. The molecular formula is C21H28ClN3O3. The number of amides is 4. The van der Waals surface area contributed by atoms with Crippen molar-refractivity contribution < 1.29 is 14.4 Å². The normalized spacial score (nSPS) is 30.3. The Bertz CT molecular complexity index is 767. The summed E-state index contributed by atoms with van der Waals surface area (Å²) in [6.45, 7) is 5.91. The van der Waals surface area contributed by atoms with E-state index in [0.29, 0.717) is 28.8 Å². The van der Waals surface area contributed by atoms with Gasteiger partial charge in [0.1, 0.15) is 12.1 Å². The van der Waals surface area contributed by atoms with Crippen molar-refractivity contribution in [2.45, 2.75) is 58.0 Å². The zero-order chi connectivity index (χ0) is 20.5. The second-order valence-corrected chi connectivity index (χ2v) is 8.46. The SMILES string of the molecule is CC[C@@]1(c2ccc(Cl)cc2)NC(=O)N(CC(=O)N[C@H]2CCC[C@H](C)[C@@H]2C)C1=O. The Hall–Kier alpha value is -2.08. The third-order valence-corrected chi connectivity index (χ3v) is 6.65. The van der Waals surface area contributed by atoms with Gasteiger partial charge in [0, 0.05) is 11.1 Å². The first kappa shape index (κ1) is 20.6. The van der Waals surface area contributed by atoms with Gasteiger partial charge in [-0.05, 0) is 42.4 Å². The van der Waals surface area contributed by atoms with Crippen LogP contribution in [0.4, 0.5) is 4.79 Å². The van der Waals surface area contributed by atoms with Crippen LogP contribution >= 0.6 is 11.6 Å². The van der Waals surface area contributed by atoms with E-state index in [0.717, 1.165) is 17.7 Å². The number of imide groups is 1. The van der Waals surface area contributed by atoms with Crippen LogP contribution in [0.25, 0.3) is 0 Å². The smallest absolute Gasteiger partial charge is 0.325 e. The Labute approximate surface area is 171 Å². The molecule has 2 fully saturated rings. The number of rotatable bonds is 5. The summed E-state index contributed by atoms with van der Waals surface area (Å²) in [4.78, 5) is 39.3. The van der Waals surface area contributed by atoms with Crippen molar-refractivity contribution in [3.63, 3.8) is 0 Å². The van der Waals surface area contributed by atoms with E-state index in [2.05, 4.69) is 24.5 Å². The second kappa shape index (κ2) is 8.11. The van der Waals surface area contributed by atoms with Gasteiger partial charge in [-0.25, -0.2) is 4.79 Å². The van der Waals surface area contributed by atoms with E-state index in [1.165, 1.54) is 6.42 Å². The fourth-order valence-corrected chi connectivity index (χ4v) is 4.45. The molecule has 152 valence electrons. The molecule has 0 radical (unpaired) electrons. The van der Waals surface area contributed by atoms with Gasteiger partial charge < -0.3 is 10.6 Å². The highest BCUT2D eigenvalue weighted by molar-refractivity contribution is 6.30. The number of halogens is 1. The standard InChI is InChI=1S/C21H28ClN3O3/c1-4-21(15-8-10-16(22)11-9-15)19(27)25(20(28)24-21)12-18(26)23-17-7-5-6-13(2)14(17)3/h8-11,13-14,17H,4-7,12H2,1-3H3,(H,23,26)(H,24,28)/t13-,14-,17-,21-/m0/s1. The van der Waals surface area contributed by atoms with E-state index in [4.69, 9.17) is 11.6 Å². The van der Waals surface area contributed by atoms with E-state index in [1.54, 1.807) is 24.3 Å². The Kier molecular flexibility index (Phi) is 5.98. The number of nitrogens with one attached hydrogen (secondary N) is 2. The molecule has 2 aliphatic rings. The summed E-state index contributed by atoms with van der Waals surface area (Å²) in [5, 5.41) is 6.38. The summed E-state index contributed by atoms with van der Waals surface area (Å²) in [7, 11) is 0. The predicted molar refractivity (Wildman–Crippen MR) is 108 cm³/mol. The molecule has 2 N–H and O–H groups in total. The van der Waals surface area contributed by atoms with Crippen molar-refractivity contribution >= 4 is 29.4 Å². The lowest BCUT2D eigenvalue weighted by atomic mass is 9.78. The molecule has 7 heteroatoms. The number of hydrogen-bond acceptors (Lipinski definition) is 3. The first-order valence-electron chi connectivity index (χ1n) is 9.98. The summed E-state index contributed by atoms with van der Waals surface area (Å²) in [6.07, 6.45) is 3.56. The highest BCUT2D eigenvalue weighted by Gasteiger charge is 2.51. The van der Waals surface area contributed by atoms with Gasteiger partial charge in [-0.2, -0.15) is 0 Å². The second-order valence-electron chi connectivity index (χ2n) is 8.03. The number of carbonyl (C=O) groups is 3.